The molecule has 12 unspecified atom stereocenters. The summed E-state index contributed by atoms with van der Waals surface area (Å²) < 4.78 is 22.9. The van der Waals surface area contributed by atoms with Crippen molar-refractivity contribution in [2.45, 2.75) is 485 Å². The number of carbonyl (C=O) groups is 1. The van der Waals surface area contributed by atoms with Crippen molar-refractivity contribution in [3.63, 3.8) is 0 Å². The van der Waals surface area contributed by atoms with E-state index in [0.717, 1.165) is 32.1 Å². The molecule has 0 spiro atoms. The molecule has 0 saturated carbocycles. The maximum Gasteiger partial charge on any atom is 0.220 e. The summed E-state index contributed by atoms with van der Waals surface area (Å²) in [7, 11) is 0. The highest BCUT2D eigenvalue weighted by Crippen LogP contribution is 2.31. The molecule has 14 heteroatoms. The van der Waals surface area contributed by atoms with Gasteiger partial charge >= 0.3 is 0 Å². The van der Waals surface area contributed by atoms with Crippen molar-refractivity contribution in [1.82, 2.24) is 5.32 Å². The summed E-state index contributed by atoms with van der Waals surface area (Å²) in [4.78, 5) is 13.4. The lowest BCUT2D eigenvalue weighted by molar-refractivity contribution is -0.359. The monoisotopic (exact) mass is 1390 g/mol. The number of allylic oxidation sites excluding steroid dienone is 3. The molecule has 0 radical (unpaired) electrons. The standard InChI is InChI=1S/C84H161NO13/c1-3-5-7-9-11-13-15-17-19-21-23-25-27-29-31-33-35-37-39-41-43-45-47-49-51-53-55-57-59-61-63-65-67-73(88)72(71-95-83-81(94)79(92)82(75(70-87)97-83)98-84-80(93)78(91)77(90)74(69-86)96-84)85-76(89)68-66-64-62-60-58-56-54-52-50-48-46-44-42-40-38-36-34-32-30-28-26-24-22-20-18-16-14-12-10-8-6-4-2/h57,59,65,67,72-75,77-84,86-88,90-94H,3-56,58,60-64,66,68-71H2,1-2H3,(H,85,89)/b59-57+,67-65+. The van der Waals surface area contributed by atoms with E-state index < -0.39 is 86.8 Å². The highest BCUT2D eigenvalue weighted by molar-refractivity contribution is 5.76. The number of carbonyl (C=O) groups excluding carboxylic acids is 1. The van der Waals surface area contributed by atoms with Gasteiger partial charge in [0.1, 0.15) is 48.8 Å². The molecule has 2 aliphatic heterocycles. The maximum atomic E-state index is 13.4. The summed E-state index contributed by atoms with van der Waals surface area (Å²) in [5, 5.41) is 87.7. The molecule has 98 heavy (non-hydrogen) atoms. The van der Waals surface area contributed by atoms with Crippen LogP contribution in [0.1, 0.15) is 412 Å². The van der Waals surface area contributed by atoms with Gasteiger partial charge in [0.15, 0.2) is 12.6 Å². The van der Waals surface area contributed by atoms with Gasteiger partial charge in [-0.15, -0.1) is 0 Å². The fraction of sp³-hybridized carbons (Fsp3) is 0.940. The van der Waals surface area contributed by atoms with Crippen molar-refractivity contribution in [1.29, 1.82) is 0 Å². The lowest BCUT2D eigenvalue weighted by Gasteiger charge is -2.46. The third-order valence-corrected chi connectivity index (χ3v) is 21.1. The Hall–Kier alpha value is -1.53. The minimum absolute atomic E-state index is 0.239. The van der Waals surface area contributed by atoms with Gasteiger partial charge in [-0.2, -0.15) is 0 Å². The summed E-state index contributed by atoms with van der Waals surface area (Å²) in [6.45, 7) is 2.86. The van der Waals surface area contributed by atoms with E-state index in [9.17, 15) is 45.6 Å². The number of hydrogen-bond donors (Lipinski definition) is 9. The number of hydrogen-bond acceptors (Lipinski definition) is 13. The van der Waals surface area contributed by atoms with Crippen LogP contribution >= 0.6 is 0 Å². The second-order valence-corrected chi connectivity index (χ2v) is 30.3. The summed E-state index contributed by atoms with van der Waals surface area (Å²) in [5.74, 6) is -0.239. The molecule has 2 aliphatic rings. The summed E-state index contributed by atoms with van der Waals surface area (Å²) >= 11 is 0. The van der Waals surface area contributed by atoms with Gasteiger partial charge in [-0.05, 0) is 32.1 Å². The molecule has 2 fully saturated rings. The number of rotatable bonds is 73. The molecule has 2 heterocycles. The van der Waals surface area contributed by atoms with Gasteiger partial charge in [-0.25, -0.2) is 0 Å². The minimum Gasteiger partial charge on any atom is -0.394 e. The molecule has 0 bridgehead atoms. The van der Waals surface area contributed by atoms with Gasteiger partial charge in [0.2, 0.25) is 5.91 Å². The van der Waals surface area contributed by atoms with Crippen LogP contribution in [-0.2, 0) is 23.7 Å². The largest absolute Gasteiger partial charge is 0.394 e. The van der Waals surface area contributed by atoms with Crippen LogP contribution in [0.25, 0.3) is 0 Å². The second-order valence-electron chi connectivity index (χ2n) is 30.3. The number of unbranched alkanes of at least 4 members (excludes halogenated alkanes) is 58. The van der Waals surface area contributed by atoms with Crippen molar-refractivity contribution in [3.05, 3.63) is 24.3 Å². The van der Waals surface area contributed by atoms with Crippen molar-refractivity contribution in [2.75, 3.05) is 19.8 Å². The van der Waals surface area contributed by atoms with Crippen LogP contribution in [0.5, 0.6) is 0 Å². The molecule has 0 aromatic heterocycles. The molecular formula is C84H161NO13. The highest BCUT2D eigenvalue weighted by Gasteiger charge is 2.51. The van der Waals surface area contributed by atoms with Gasteiger partial charge in [-0.1, -0.05) is 398 Å². The van der Waals surface area contributed by atoms with Gasteiger partial charge in [0, 0.05) is 6.42 Å². The van der Waals surface area contributed by atoms with Crippen LogP contribution in [0.4, 0.5) is 0 Å². The topological polar surface area (TPSA) is 228 Å². The number of aliphatic hydroxyl groups is 8. The normalized spacial score (nSPS) is 22.1. The van der Waals surface area contributed by atoms with Crippen LogP contribution in [0.2, 0.25) is 0 Å². The summed E-state index contributed by atoms with van der Waals surface area (Å²) in [5.41, 5.74) is 0. The van der Waals surface area contributed by atoms with Crippen LogP contribution in [0, 0.1) is 0 Å². The quantitative estimate of drug-likeness (QED) is 0.0204. The van der Waals surface area contributed by atoms with Crippen molar-refractivity contribution in [2.24, 2.45) is 0 Å². The van der Waals surface area contributed by atoms with E-state index in [-0.39, 0.29) is 18.9 Å². The average Bonchev–Trinajstić information content (AvgIpc) is 0.792. The van der Waals surface area contributed by atoms with Crippen LogP contribution in [-0.4, -0.2) is 140 Å². The zero-order valence-corrected chi connectivity index (χ0v) is 63.8. The van der Waals surface area contributed by atoms with E-state index in [4.69, 9.17) is 18.9 Å². The Bertz CT molecular complexity index is 1740. The third kappa shape index (κ3) is 50.8. The Balaban J connectivity index is 1.60. The van der Waals surface area contributed by atoms with Crippen LogP contribution in [0.15, 0.2) is 24.3 Å². The Labute approximate surface area is 602 Å². The molecule has 0 aliphatic carbocycles. The minimum atomic E-state index is -1.79. The first-order chi connectivity index (χ1) is 48.1. The maximum absolute atomic E-state index is 13.4. The Morgan fingerprint density at radius 2 is 0.653 bits per heavy atom. The number of nitrogens with one attached hydrogen (secondary N) is 1. The zero-order chi connectivity index (χ0) is 70.8. The second kappa shape index (κ2) is 68.6. The Morgan fingerprint density at radius 1 is 0.357 bits per heavy atom. The fourth-order valence-corrected chi connectivity index (χ4v) is 14.4. The Kier molecular flexibility index (Phi) is 64.8. The van der Waals surface area contributed by atoms with Crippen LogP contribution in [0.3, 0.4) is 0 Å². The molecule has 580 valence electrons. The molecule has 14 nitrogen and oxygen atoms in total. The average molecular weight is 1390 g/mol. The predicted molar refractivity (Wildman–Crippen MR) is 406 cm³/mol. The van der Waals surface area contributed by atoms with Gasteiger partial charge in [-0.3, -0.25) is 4.79 Å². The smallest absolute Gasteiger partial charge is 0.220 e. The van der Waals surface area contributed by atoms with E-state index in [0.29, 0.717) is 12.8 Å². The molecule has 1 amide bonds. The van der Waals surface area contributed by atoms with E-state index in [1.807, 2.05) is 6.08 Å². The first-order valence-electron chi connectivity index (χ1n) is 42.6. The fourth-order valence-electron chi connectivity index (χ4n) is 14.4. The Morgan fingerprint density at radius 3 is 1.00 bits per heavy atom. The third-order valence-electron chi connectivity index (χ3n) is 21.1. The highest BCUT2D eigenvalue weighted by atomic mass is 16.7. The van der Waals surface area contributed by atoms with Gasteiger partial charge < -0.3 is 65.1 Å². The van der Waals surface area contributed by atoms with Gasteiger partial charge in [0.05, 0.1) is 32.0 Å². The molecule has 0 aromatic rings. The summed E-state index contributed by atoms with van der Waals surface area (Å²) in [6.07, 6.45) is 72.9. The number of ether oxygens (including phenoxy) is 4. The van der Waals surface area contributed by atoms with Crippen molar-refractivity contribution < 1.29 is 64.6 Å². The van der Waals surface area contributed by atoms with E-state index in [2.05, 4.69) is 31.3 Å². The van der Waals surface area contributed by atoms with Gasteiger partial charge in [0.25, 0.3) is 0 Å². The molecular weight excluding hydrogens is 1230 g/mol. The molecule has 0 aromatic carbocycles. The zero-order valence-electron chi connectivity index (χ0n) is 63.8. The lowest BCUT2D eigenvalue weighted by atomic mass is 9.97. The molecule has 12 atom stereocenters. The number of aliphatic hydroxyl groups excluding tert-OH is 8. The van der Waals surface area contributed by atoms with Crippen LogP contribution < -0.4 is 5.32 Å². The SMILES string of the molecule is CCCCCCCCCCCCCCCCCCCCCCCCCCCC/C=C/CC/C=C/C(O)C(COC1OC(CO)C(OC2OC(CO)C(O)C(O)C2O)C(O)C1O)NC(=O)CCCCCCCCCCCCCCCCCCCCCCCCCCCCCCCCCC. The number of amides is 1. The molecule has 9 N–H and O–H groups in total. The molecule has 2 rings (SSSR count). The molecule has 2 saturated heterocycles. The first kappa shape index (κ1) is 92.6. The lowest BCUT2D eigenvalue weighted by Crippen LogP contribution is -2.65. The van der Waals surface area contributed by atoms with E-state index >= 15 is 0 Å². The summed E-state index contributed by atoms with van der Waals surface area (Å²) in [6, 6.07) is -0.931. The van der Waals surface area contributed by atoms with E-state index in [1.165, 1.54) is 347 Å². The van der Waals surface area contributed by atoms with Crippen molar-refractivity contribution >= 4 is 5.91 Å². The van der Waals surface area contributed by atoms with Crippen molar-refractivity contribution in [3.8, 4) is 0 Å². The predicted octanol–water partition coefficient (Wildman–Crippen LogP) is 19.8. The van der Waals surface area contributed by atoms with E-state index in [1.54, 1.807) is 6.08 Å². The first-order valence-corrected chi connectivity index (χ1v) is 42.6.